The van der Waals surface area contributed by atoms with Crippen molar-refractivity contribution in [3.05, 3.63) is 103 Å². The Bertz CT molecular complexity index is 838. The van der Waals surface area contributed by atoms with Gasteiger partial charge in [-0.2, -0.15) is 0 Å². The zero-order valence-corrected chi connectivity index (χ0v) is 14.0. The molecule has 0 unspecified atom stereocenters. The Balaban J connectivity index is 1.79. The van der Waals surface area contributed by atoms with Crippen LogP contribution in [0.25, 0.3) is 0 Å². The summed E-state index contributed by atoms with van der Waals surface area (Å²) in [6.45, 7) is 2.04. The molecule has 0 amide bonds. The van der Waals surface area contributed by atoms with E-state index in [2.05, 4.69) is 4.99 Å². The number of aryl methyl sites for hydroxylation is 1. The fraction of sp³-hybridized carbons (Fsp3) is 0.0455. The van der Waals surface area contributed by atoms with E-state index < -0.39 is 0 Å². The van der Waals surface area contributed by atoms with Gasteiger partial charge in [0.1, 0.15) is 11.5 Å². The first-order valence-corrected chi connectivity index (χ1v) is 8.06. The van der Waals surface area contributed by atoms with E-state index in [4.69, 9.17) is 9.47 Å². The van der Waals surface area contributed by atoms with Crippen molar-refractivity contribution in [2.24, 2.45) is 4.99 Å². The Kier molecular flexibility index (Phi) is 5.62. The summed E-state index contributed by atoms with van der Waals surface area (Å²) in [6.07, 6.45) is 3.28. The topological polar surface area (TPSA) is 30.8 Å². The molecule has 124 valence electrons. The van der Waals surface area contributed by atoms with Crippen LogP contribution in [-0.4, -0.2) is 5.90 Å². The maximum absolute atomic E-state index is 5.87. The van der Waals surface area contributed by atoms with Gasteiger partial charge in [-0.1, -0.05) is 54.1 Å². The van der Waals surface area contributed by atoms with Crippen LogP contribution < -0.4 is 9.47 Å². The number of hydrogen-bond donors (Lipinski definition) is 0. The van der Waals surface area contributed by atoms with E-state index in [1.807, 2.05) is 91.9 Å². The number of aliphatic imine (C=N–C) groups is 1. The molecule has 0 aromatic heterocycles. The summed E-state index contributed by atoms with van der Waals surface area (Å²) in [7, 11) is 0. The van der Waals surface area contributed by atoms with Crippen molar-refractivity contribution < 1.29 is 9.47 Å². The third-order valence-electron chi connectivity index (χ3n) is 3.40. The van der Waals surface area contributed by atoms with Crippen LogP contribution in [0, 0.1) is 6.92 Å². The van der Waals surface area contributed by atoms with Crippen LogP contribution >= 0.6 is 0 Å². The lowest BCUT2D eigenvalue weighted by atomic mass is 10.2. The highest BCUT2D eigenvalue weighted by molar-refractivity contribution is 5.91. The quantitative estimate of drug-likeness (QED) is 0.342. The maximum atomic E-state index is 5.87. The number of hydrogen-bond acceptors (Lipinski definition) is 3. The second-order valence-corrected chi connectivity index (χ2v) is 5.43. The highest BCUT2D eigenvalue weighted by Gasteiger charge is 2.00. The second kappa shape index (κ2) is 8.50. The Hall–Kier alpha value is -3.33. The van der Waals surface area contributed by atoms with Crippen LogP contribution in [0.4, 0.5) is 5.69 Å². The lowest BCUT2D eigenvalue weighted by Crippen LogP contribution is -2.05. The summed E-state index contributed by atoms with van der Waals surface area (Å²) in [6, 6.07) is 27.1. The lowest BCUT2D eigenvalue weighted by Gasteiger charge is -2.06. The molecule has 25 heavy (non-hydrogen) atoms. The van der Waals surface area contributed by atoms with Gasteiger partial charge < -0.3 is 9.47 Å². The summed E-state index contributed by atoms with van der Waals surface area (Å²) in [5.41, 5.74) is 2.01. The van der Waals surface area contributed by atoms with Gasteiger partial charge in [0, 0.05) is 6.08 Å². The number of rotatable bonds is 5. The number of para-hydroxylation sites is 2. The number of nitrogens with zero attached hydrogens (tertiary/aromatic N) is 1. The van der Waals surface area contributed by atoms with E-state index in [0.29, 0.717) is 5.90 Å². The van der Waals surface area contributed by atoms with Gasteiger partial charge in [-0.25, -0.2) is 4.99 Å². The monoisotopic (exact) mass is 329 g/mol. The van der Waals surface area contributed by atoms with E-state index in [9.17, 15) is 0 Å². The Morgan fingerprint density at radius 3 is 2.00 bits per heavy atom. The Morgan fingerprint density at radius 1 is 0.760 bits per heavy atom. The minimum atomic E-state index is 0.450. The average Bonchev–Trinajstić information content (AvgIpc) is 2.65. The third kappa shape index (κ3) is 5.36. The molecule has 0 fully saturated rings. The van der Waals surface area contributed by atoms with Crippen molar-refractivity contribution in [2.45, 2.75) is 6.92 Å². The molecule has 0 saturated heterocycles. The zero-order valence-electron chi connectivity index (χ0n) is 14.0. The highest BCUT2D eigenvalue weighted by atomic mass is 16.5. The molecule has 0 aliphatic carbocycles. The minimum Gasteiger partial charge on any atom is -0.465 e. The van der Waals surface area contributed by atoms with Crippen molar-refractivity contribution >= 4 is 11.6 Å². The highest BCUT2D eigenvalue weighted by Crippen LogP contribution is 2.16. The molecule has 0 aliphatic rings. The summed E-state index contributed by atoms with van der Waals surface area (Å²) in [5.74, 6) is 1.93. The molecule has 0 radical (unpaired) electrons. The summed E-state index contributed by atoms with van der Waals surface area (Å²) in [5, 5.41) is 0. The fourth-order valence-corrected chi connectivity index (χ4v) is 2.12. The molecule has 3 rings (SSSR count). The van der Waals surface area contributed by atoms with Crippen molar-refractivity contribution in [3.8, 4) is 11.5 Å². The van der Waals surface area contributed by atoms with Crippen LogP contribution in [0.3, 0.4) is 0 Å². The number of benzene rings is 3. The molecule has 0 spiro atoms. The predicted octanol–water partition coefficient (Wildman–Crippen LogP) is 5.70. The second-order valence-electron chi connectivity index (χ2n) is 5.43. The smallest absolute Gasteiger partial charge is 0.222 e. The van der Waals surface area contributed by atoms with E-state index >= 15 is 0 Å². The first kappa shape index (κ1) is 16.5. The molecule has 0 aliphatic heterocycles. The van der Waals surface area contributed by atoms with Gasteiger partial charge in [0.2, 0.25) is 5.90 Å². The molecule has 0 saturated carbocycles. The minimum absolute atomic E-state index is 0.450. The normalized spacial score (nSPS) is 11.5. The van der Waals surface area contributed by atoms with Gasteiger partial charge >= 0.3 is 0 Å². The molecule has 3 aromatic rings. The Morgan fingerprint density at radius 2 is 1.36 bits per heavy atom. The van der Waals surface area contributed by atoms with Crippen molar-refractivity contribution in [2.75, 3.05) is 0 Å². The van der Waals surface area contributed by atoms with Gasteiger partial charge in [0.05, 0.1) is 11.9 Å². The van der Waals surface area contributed by atoms with E-state index in [-0.39, 0.29) is 0 Å². The largest absolute Gasteiger partial charge is 0.465 e. The van der Waals surface area contributed by atoms with Crippen LogP contribution in [0.1, 0.15) is 5.56 Å². The first-order chi connectivity index (χ1) is 12.3. The molecule has 0 bridgehead atoms. The summed E-state index contributed by atoms with van der Waals surface area (Å²) < 4.78 is 11.5. The molecular weight excluding hydrogens is 310 g/mol. The average molecular weight is 329 g/mol. The summed E-state index contributed by atoms with van der Waals surface area (Å²) in [4.78, 5) is 4.55. The van der Waals surface area contributed by atoms with Gasteiger partial charge in [-0.15, -0.1) is 0 Å². The van der Waals surface area contributed by atoms with Gasteiger partial charge in [0.15, 0.2) is 0 Å². The molecule has 3 heteroatoms. The third-order valence-corrected chi connectivity index (χ3v) is 3.40. The molecular formula is C22H19NO2. The van der Waals surface area contributed by atoms with Crippen molar-refractivity contribution in [1.29, 1.82) is 0 Å². The first-order valence-electron chi connectivity index (χ1n) is 8.06. The molecule has 0 heterocycles. The van der Waals surface area contributed by atoms with Gasteiger partial charge in [-0.3, -0.25) is 0 Å². The van der Waals surface area contributed by atoms with Crippen molar-refractivity contribution in [3.63, 3.8) is 0 Å². The molecule has 3 aromatic carbocycles. The van der Waals surface area contributed by atoms with Gasteiger partial charge in [0.25, 0.3) is 0 Å². The SMILES string of the molecule is Cc1ccc(N=C(C=COc2ccccc2)Oc2ccccc2)cc1. The van der Waals surface area contributed by atoms with Crippen LogP contribution in [0.5, 0.6) is 11.5 Å². The van der Waals surface area contributed by atoms with Crippen molar-refractivity contribution in [1.82, 2.24) is 0 Å². The molecule has 0 atom stereocenters. The standard InChI is InChI=1S/C22H19NO2/c1-18-12-14-19(15-13-18)23-22(25-21-10-6-3-7-11-21)16-17-24-20-8-4-2-5-9-20/h2-17H,1H3. The molecule has 0 N–H and O–H groups in total. The van der Waals surface area contributed by atoms with E-state index in [1.165, 1.54) is 5.56 Å². The van der Waals surface area contributed by atoms with Crippen LogP contribution in [-0.2, 0) is 0 Å². The van der Waals surface area contributed by atoms with E-state index in [1.54, 1.807) is 12.3 Å². The lowest BCUT2D eigenvalue weighted by molar-refractivity contribution is 0.479. The Labute approximate surface area is 147 Å². The van der Waals surface area contributed by atoms with Crippen LogP contribution in [0.15, 0.2) is 102 Å². The molecule has 3 nitrogen and oxygen atoms in total. The van der Waals surface area contributed by atoms with Gasteiger partial charge in [-0.05, 0) is 43.3 Å². The number of ether oxygens (including phenoxy) is 2. The van der Waals surface area contributed by atoms with E-state index in [0.717, 1.165) is 17.2 Å². The maximum Gasteiger partial charge on any atom is 0.222 e. The summed E-state index contributed by atoms with van der Waals surface area (Å²) >= 11 is 0. The fourth-order valence-electron chi connectivity index (χ4n) is 2.12. The zero-order chi connectivity index (χ0) is 17.3. The van der Waals surface area contributed by atoms with Crippen LogP contribution in [0.2, 0.25) is 0 Å². The predicted molar refractivity (Wildman–Crippen MR) is 102 cm³/mol.